The maximum atomic E-state index is 12.7. The molecule has 1 aliphatic heterocycles. The summed E-state index contributed by atoms with van der Waals surface area (Å²) in [5.74, 6) is -1.47. The molecule has 1 heterocycles. The van der Waals surface area contributed by atoms with E-state index < -0.39 is 61.0 Å². The molecule has 1 aliphatic rings. The number of hydrogen-bond acceptors (Lipinski definition) is 12. The van der Waals surface area contributed by atoms with Crippen molar-refractivity contribution in [3.05, 3.63) is 59.7 Å². The van der Waals surface area contributed by atoms with E-state index in [1.54, 1.807) is 12.1 Å². The summed E-state index contributed by atoms with van der Waals surface area (Å²) in [4.78, 5) is 25.0. The first-order valence-electron chi connectivity index (χ1n) is 11.8. The number of aromatic hydroxyl groups is 1. The number of hydrogen-bond donors (Lipinski definition) is 6. The molecule has 38 heavy (non-hydrogen) atoms. The number of phenols is 1. The lowest BCUT2D eigenvalue weighted by Gasteiger charge is -2.39. The van der Waals surface area contributed by atoms with Crippen molar-refractivity contribution in [2.45, 2.75) is 69.3 Å². The van der Waals surface area contributed by atoms with Gasteiger partial charge in [0.15, 0.2) is 0 Å². The van der Waals surface area contributed by atoms with Crippen LogP contribution in [0, 0.1) is 0 Å². The Hall–Kier alpha value is -3.26. The molecule has 6 atom stereocenters. The van der Waals surface area contributed by atoms with E-state index in [2.05, 4.69) is 0 Å². The van der Waals surface area contributed by atoms with E-state index in [9.17, 15) is 40.2 Å². The van der Waals surface area contributed by atoms with Crippen LogP contribution >= 0.6 is 0 Å². The van der Waals surface area contributed by atoms with Gasteiger partial charge >= 0.3 is 11.9 Å². The van der Waals surface area contributed by atoms with Gasteiger partial charge in [0.1, 0.15) is 48.1 Å². The summed E-state index contributed by atoms with van der Waals surface area (Å²) < 4.78 is 21.3. The van der Waals surface area contributed by atoms with Crippen molar-refractivity contribution < 1.29 is 59.2 Å². The lowest BCUT2D eigenvalue weighted by molar-refractivity contribution is -0.277. The number of aliphatic hydroxyl groups excluding tert-OH is 4. The minimum Gasteiger partial charge on any atom is -0.508 e. The molecule has 0 saturated carbocycles. The van der Waals surface area contributed by atoms with Crippen LogP contribution in [-0.2, 0) is 36.8 Å². The van der Waals surface area contributed by atoms with Crippen molar-refractivity contribution in [3.8, 4) is 11.5 Å². The molecular weight excluding hydrogens is 504 g/mol. The van der Waals surface area contributed by atoms with Crippen LogP contribution in [0.1, 0.15) is 25.0 Å². The molecule has 208 valence electrons. The summed E-state index contributed by atoms with van der Waals surface area (Å²) in [6.07, 6.45) is -8.90. The Labute approximate surface area is 218 Å². The molecule has 2 aromatic carbocycles. The SMILES string of the molecule is CC(C)(O)C(OC(=O)Cc1ccc(O)cc1)C(=O)OCc1ccc(O[C@@H]2O[C@H](CO)[C@@H](O)[C@H](O)[C@H]2O)cc1. The number of rotatable bonds is 10. The summed E-state index contributed by atoms with van der Waals surface area (Å²) >= 11 is 0. The van der Waals surface area contributed by atoms with E-state index in [1.165, 1.54) is 50.2 Å². The summed E-state index contributed by atoms with van der Waals surface area (Å²) in [6, 6.07) is 11.9. The summed E-state index contributed by atoms with van der Waals surface area (Å²) in [5.41, 5.74) is -0.670. The first-order chi connectivity index (χ1) is 17.9. The number of carbonyl (C=O) groups excluding carboxylic acids is 2. The Morgan fingerprint density at radius 2 is 1.55 bits per heavy atom. The van der Waals surface area contributed by atoms with Gasteiger partial charge in [0.2, 0.25) is 12.4 Å². The molecule has 3 rings (SSSR count). The Kier molecular flexibility index (Phi) is 9.66. The summed E-state index contributed by atoms with van der Waals surface area (Å²) in [5, 5.41) is 58.8. The lowest BCUT2D eigenvalue weighted by atomic mass is 9.99. The van der Waals surface area contributed by atoms with Crippen LogP contribution in [0.15, 0.2) is 48.5 Å². The predicted molar refractivity (Wildman–Crippen MR) is 129 cm³/mol. The van der Waals surface area contributed by atoms with E-state index in [0.717, 1.165) is 0 Å². The number of benzene rings is 2. The third kappa shape index (κ3) is 7.63. The minimum absolute atomic E-state index is 0.0357. The van der Waals surface area contributed by atoms with Gasteiger partial charge in [-0.1, -0.05) is 24.3 Å². The van der Waals surface area contributed by atoms with E-state index in [1.807, 2.05) is 0 Å². The molecule has 0 aromatic heterocycles. The van der Waals surface area contributed by atoms with Crippen molar-refractivity contribution in [1.29, 1.82) is 0 Å². The maximum absolute atomic E-state index is 12.7. The monoisotopic (exact) mass is 536 g/mol. The fraction of sp³-hybridized carbons (Fsp3) is 0.462. The average molecular weight is 537 g/mol. The van der Waals surface area contributed by atoms with E-state index in [-0.39, 0.29) is 24.5 Å². The van der Waals surface area contributed by atoms with Gasteiger partial charge in [-0.15, -0.1) is 0 Å². The van der Waals surface area contributed by atoms with Crippen molar-refractivity contribution in [2.24, 2.45) is 0 Å². The van der Waals surface area contributed by atoms with Gasteiger partial charge in [0.05, 0.1) is 13.0 Å². The fourth-order valence-corrected chi connectivity index (χ4v) is 3.63. The van der Waals surface area contributed by atoms with Crippen molar-refractivity contribution >= 4 is 11.9 Å². The second kappa shape index (κ2) is 12.5. The summed E-state index contributed by atoms with van der Waals surface area (Å²) in [6.45, 7) is 1.80. The smallest absolute Gasteiger partial charge is 0.350 e. The van der Waals surface area contributed by atoms with Gasteiger partial charge < -0.3 is 49.6 Å². The topological polar surface area (TPSA) is 192 Å². The molecular formula is C26H32O12. The molecule has 0 bridgehead atoms. The quantitative estimate of drug-likeness (QED) is 0.214. The van der Waals surface area contributed by atoms with E-state index >= 15 is 0 Å². The van der Waals surface area contributed by atoms with Crippen LogP contribution in [0.3, 0.4) is 0 Å². The highest BCUT2D eigenvalue weighted by Crippen LogP contribution is 2.25. The van der Waals surface area contributed by atoms with Crippen molar-refractivity contribution in [1.82, 2.24) is 0 Å². The third-order valence-electron chi connectivity index (χ3n) is 5.79. The molecule has 2 aromatic rings. The Morgan fingerprint density at radius 1 is 0.947 bits per heavy atom. The molecule has 0 spiro atoms. The molecule has 0 radical (unpaired) electrons. The van der Waals surface area contributed by atoms with E-state index in [0.29, 0.717) is 11.1 Å². The van der Waals surface area contributed by atoms with Gasteiger partial charge in [0, 0.05) is 0 Å². The molecule has 12 heteroatoms. The number of phenolic OH excluding ortho intramolecular Hbond substituents is 1. The van der Waals surface area contributed by atoms with Crippen LogP contribution < -0.4 is 4.74 Å². The predicted octanol–water partition coefficient (Wildman–Crippen LogP) is -0.460. The van der Waals surface area contributed by atoms with Gasteiger partial charge in [-0.2, -0.15) is 0 Å². The zero-order valence-electron chi connectivity index (χ0n) is 20.8. The average Bonchev–Trinajstić information content (AvgIpc) is 2.87. The van der Waals surface area contributed by atoms with E-state index in [4.69, 9.17) is 18.9 Å². The van der Waals surface area contributed by atoms with Crippen LogP contribution in [0.4, 0.5) is 0 Å². The Morgan fingerprint density at radius 3 is 2.13 bits per heavy atom. The summed E-state index contributed by atoms with van der Waals surface area (Å²) in [7, 11) is 0. The highest BCUT2D eigenvalue weighted by atomic mass is 16.7. The zero-order chi connectivity index (χ0) is 28.0. The van der Waals surface area contributed by atoms with Crippen LogP contribution in [0.2, 0.25) is 0 Å². The first kappa shape index (κ1) is 29.3. The minimum atomic E-state index is -1.73. The Balaban J connectivity index is 1.56. The number of carbonyl (C=O) groups is 2. The van der Waals surface area contributed by atoms with Crippen LogP contribution in [-0.4, -0.2) is 91.6 Å². The van der Waals surface area contributed by atoms with Crippen molar-refractivity contribution in [3.63, 3.8) is 0 Å². The fourth-order valence-electron chi connectivity index (χ4n) is 3.63. The van der Waals surface area contributed by atoms with Gasteiger partial charge in [-0.05, 0) is 49.2 Å². The number of aliphatic hydroxyl groups is 5. The standard InChI is InChI=1S/C26H32O12/c1-26(2,34)23(38-19(29)11-14-3-7-16(28)8-4-14)24(33)35-13-15-5-9-17(10-6-15)36-25-22(32)21(31)20(30)18(12-27)37-25/h3-10,18,20-23,25,27-28,30-32,34H,11-13H2,1-2H3/t18-,20-,21+,22-,23?,25-/m1/s1. The van der Waals surface area contributed by atoms with Gasteiger partial charge in [-0.25, -0.2) is 4.79 Å². The lowest BCUT2D eigenvalue weighted by Crippen LogP contribution is -2.60. The molecule has 1 unspecified atom stereocenters. The number of ether oxygens (including phenoxy) is 4. The number of esters is 2. The first-order valence-corrected chi connectivity index (χ1v) is 11.8. The Bertz CT molecular complexity index is 1060. The van der Waals surface area contributed by atoms with Crippen molar-refractivity contribution in [2.75, 3.05) is 6.61 Å². The van der Waals surface area contributed by atoms with Gasteiger partial charge in [-0.3, -0.25) is 4.79 Å². The second-order valence-electron chi connectivity index (χ2n) is 9.43. The maximum Gasteiger partial charge on any atom is 0.350 e. The zero-order valence-corrected chi connectivity index (χ0v) is 20.8. The van der Waals surface area contributed by atoms with Gasteiger partial charge in [0.25, 0.3) is 0 Å². The third-order valence-corrected chi connectivity index (χ3v) is 5.79. The molecule has 1 fully saturated rings. The highest BCUT2D eigenvalue weighted by Gasteiger charge is 2.44. The highest BCUT2D eigenvalue weighted by molar-refractivity contribution is 5.81. The molecule has 0 amide bonds. The molecule has 0 aliphatic carbocycles. The van der Waals surface area contributed by atoms with Crippen LogP contribution in [0.5, 0.6) is 11.5 Å². The molecule has 6 N–H and O–H groups in total. The molecule has 12 nitrogen and oxygen atoms in total. The molecule has 1 saturated heterocycles. The van der Waals surface area contributed by atoms with Crippen LogP contribution in [0.25, 0.3) is 0 Å². The normalized spacial score (nSPS) is 24.3. The largest absolute Gasteiger partial charge is 0.508 e. The second-order valence-corrected chi connectivity index (χ2v) is 9.43.